The molecule has 1 N–H and O–H groups in total. The van der Waals surface area contributed by atoms with Gasteiger partial charge < -0.3 is 9.73 Å². The maximum Gasteiger partial charge on any atom is 0.274 e. The van der Waals surface area contributed by atoms with Crippen LogP contribution in [0.25, 0.3) is 5.69 Å². The molecule has 2 heterocycles. The minimum absolute atomic E-state index is 0.282. The van der Waals surface area contributed by atoms with Crippen LogP contribution in [0, 0.1) is 6.92 Å². The van der Waals surface area contributed by atoms with Gasteiger partial charge in [0.15, 0.2) is 5.69 Å². The number of rotatable bonds is 4. The van der Waals surface area contributed by atoms with Crippen LogP contribution in [0.3, 0.4) is 0 Å². The van der Waals surface area contributed by atoms with Gasteiger partial charge in [-0.2, -0.15) is 0 Å². The van der Waals surface area contributed by atoms with Crippen LogP contribution in [0.15, 0.2) is 51.6 Å². The third-order valence-corrected chi connectivity index (χ3v) is 3.66. The zero-order valence-corrected chi connectivity index (χ0v) is 13.4. The molecule has 0 aliphatic carbocycles. The number of hydrogen-bond acceptors (Lipinski definition) is 4. The zero-order chi connectivity index (χ0) is 15.5. The molecule has 0 spiro atoms. The number of halogens is 1. The number of benzene rings is 1. The van der Waals surface area contributed by atoms with Gasteiger partial charge in [-0.15, -0.1) is 5.10 Å². The summed E-state index contributed by atoms with van der Waals surface area (Å²) in [5.74, 6) is 0.403. The first-order chi connectivity index (χ1) is 10.6. The molecule has 3 rings (SSSR count). The van der Waals surface area contributed by atoms with E-state index in [2.05, 4.69) is 31.6 Å². The van der Waals surface area contributed by atoms with Gasteiger partial charge in [-0.25, -0.2) is 4.68 Å². The zero-order valence-electron chi connectivity index (χ0n) is 11.8. The van der Waals surface area contributed by atoms with E-state index in [-0.39, 0.29) is 5.91 Å². The van der Waals surface area contributed by atoms with Crippen LogP contribution >= 0.6 is 15.9 Å². The molecular formula is C15H13BrN4O2. The van der Waals surface area contributed by atoms with Gasteiger partial charge in [-0.1, -0.05) is 27.2 Å². The van der Waals surface area contributed by atoms with Crippen LogP contribution < -0.4 is 5.32 Å². The minimum atomic E-state index is -0.282. The van der Waals surface area contributed by atoms with Crippen molar-refractivity contribution < 1.29 is 9.21 Å². The number of amides is 1. The molecule has 7 heteroatoms. The summed E-state index contributed by atoms with van der Waals surface area (Å²) in [6, 6.07) is 11.2. The minimum Gasteiger partial charge on any atom is -0.467 e. The van der Waals surface area contributed by atoms with E-state index >= 15 is 0 Å². The lowest BCUT2D eigenvalue weighted by molar-refractivity contribution is 0.0942. The Kier molecular flexibility index (Phi) is 4.06. The predicted molar refractivity (Wildman–Crippen MR) is 83.7 cm³/mol. The molecule has 112 valence electrons. The molecule has 0 atom stereocenters. The van der Waals surface area contributed by atoms with Crippen molar-refractivity contribution in [2.24, 2.45) is 0 Å². The van der Waals surface area contributed by atoms with Gasteiger partial charge in [0.05, 0.1) is 24.2 Å². The third kappa shape index (κ3) is 2.94. The van der Waals surface area contributed by atoms with Gasteiger partial charge in [0.25, 0.3) is 5.91 Å². The number of carbonyl (C=O) groups excluding carboxylic acids is 1. The molecule has 0 radical (unpaired) electrons. The Morgan fingerprint density at radius 1 is 1.36 bits per heavy atom. The molecule has 6 nitrogen and oxygen atoms in total. The van der Waals surface area contributed by atoms with Gasteiger partial charge >= 0.3 is 0 Å². The Bertz CT molecular complexity index is 796. The monoisotopic (exact) mass is 360 g/mol. The van der Waals surface area contributed by atoms with E-state index < -0.39 is 0 Å². The van der Waals surface area contributed by atoms with E-state index in [1.807, 2.05) is 31.2 Å². The lowest BCUT2D eigenvalue weighted by Gasteiger charge is -2.04. The molecule has 0 unspecified atom stereocenters. The van der Waals surface area contributed by atoms with Crippen LogP contribution in [0.5, 0.6) is 0 Å². The fourth-order valence-corrected chi connectivity index (χ4v) is 2.44. The summed E-state index contributed by atoms with van der Waals surface area (Å²) in [6.07, 6.45) is 1.57. The molecule has 1 amide bonds. The van der Waals surface area contributed by atoms with E-state index in [0.717, 1.165) is 10.2 Å². The van der Waals surface area contributed by atoms with Crippen molar-refractivity contribution in [3.05, 3.63) is 64.3 Å². The molecular weight excluding hydrogens is 348 g/mol. The highest BCUT2D eigenvalue weighted by molar-refractivity contribution is 9.10. The summed E-state index contributed by atoms with van der Waals surface area (Å²) in [6.45, 7) is 2.12. The van der Waals surface area contributed by atoms with Crippen molar-refractivity contribution >= 4 is 21.8 Å². The van der Waals surface area contributed by atoms with Crippen molar-refractivity contribution in [3.63, 3.8) is 0 Å². The van der Waals surface area contributed by atoms with Crippen molar-refractivity contribution in [1.82, 2.24) is 20.3 Å². The van der Waals surface area contributed by atoms with E-state index in [4.69, 9.17) is 4.42 Å². The van der Waals surface area contributed by atoms with E-state index in [1.165, 1.54) is 0 Å². The Morgan fingerprint density at radius 2 is 2.23 bits per heavy atom. The number of carbonyl (C=O) groups is 1. The lowest BCUT2D eigenvalue weighted by Crippen LogP contribution is -2.23. The average Bonchev–Trinajstić information content (AvgIpc) is 3.14. The molecule has 1 aromatic carbocycles. The van der Waals surface area contributed by atoms with Crippen molar-refractivity contribution in [2.75, 3.05) is 0 Å². The van der Waals surface area contributed by atoms with Crippen molar-refractivity contribution in [2.45, 2.75) is 13.5 Å². The summed E-state index contributed by atoms with van der Waals surface area (Å²) in [7, 11) is 0. The highest BCUT2D eigenvalue weighted by atomic mass is 79.9. The summed E-state index contributed by atoms with van der Waals surface area (Å²) in [4.78, 5) is 12.2. The largest absolute Gasteiger partial charge is 0.467 e. The highest BCUT2D eigenvalue weighted by Crippen LogP contribution is 2.17. The second-order valence-electron chi connectivity index (χ2n) is 4.68. The van der Waals surface area contributed by atoms with Gasteiger partial charge in [0.1, 0.15) is 5.76 Å². The number of aromatic nitrogens is 3. The van der Waals surface area contributed by atoms with Gasteiger partial charge in [-0.05, 0) is 37.3 Å². The normalized spacial score (nSPS) is 10.6. The molecule has 2 aromatic heterocycles. The lowest BCUT2D eigenvalue weighted by atomic mass is 10.3. The molecule has 3 aromatic rings. The first-order valence-corrected chi connectivity index (χ1v) is 7.43. The number of nitrogens with zero attached hydrogens (tertiary/aromatic N) is 3. The third-order valence-electron chi connectivity index (χ3n) is 3.17. The maximum atomic E-state index is 12.2. The number of nitrogens with one attached hydrogen (secondary N) is 1. The van der Waals surface area contributed by atoms with E-state index in [9.17, 15) is 4.79 Å². The SMILES string of the molecule is Cc1c(C(=O)NCc2ccco2)nnn1-c1cccc(Br)c1. The summed E-state index contributed by atoms with van der Waals surface area (Å²) in [5, 5.41) is 10.8. The van der Waals surface area contributed by atoms with Crippen LogP contribution in [0.4, 0.5) is 0 Å². The Hall–Kier alpha value is -2.41. The van der Waals surface area contributed by atoms with E-state index in [0.29, 0.717) is 23.7 Å². The maximum absolute atomic E-state index is 12.2. The fraction of sp³-hybridized carbons (Fsp3) is 0.133. The summed E-state index contributed by atoms with van der Waals surface area (Å²) in [5.41, 5.74) is 1.81. The van der Waals surface area contributed by atoms with E-state index in [1.54, 1.807) is 23.1 Å². The quantitative estimate of drug-likeness (QED) is 0.776. The van der Waals surface area contributed by atoms with Crippen LogP contribution in [0.1, 0.15) is 21.9 Å². The molecule has 0 fully saturated rings. The highest BCUT2D eigenvalue weighted by Gasteiger charge is 2.17. The average molecular weight is 361 g/mol. The standard InChI is InChI=1S/C15H13BrN4O2/c1-10-14(15(21)17-9-13-6-3-7-22-13)18-19-20(10)12-5-2-4-11(16)8-12/h2-8H,9H2,1H3,(H,17,21). The Morgan fingerprint density at radius 3 is 2.95 bits per heavy atom. The number of furan rings is 1. The first kappa shape index (κ1) is 14.5. The molecule has 22 heavy (non-hydrogen) atoms. The molecule has 0 saturated heterocycles. The Balaban J connectivity index is 1.79. The summed E-state index contributed by atoms with van der Waals surface area (Å²) >= 11 is 3.42. The molecule has 0 bridgehead atoms. The van der Waals surface area contributed by atoms with Crippen molar-refractivity contribution in [3.8, 4) is 5.69 Å². The van der Waals surface area contributed by atoms with Crippen LogP contribution in [-0.2, 0) is 6.54 Å². The molecule has 0 aliphatic rings. The smallest absolute Gasteiger partial charge is 0.274 e. The van der Waals surface area contributed by atoms with Crippen LogP contribution in [0.2, 0.25) is 0 Å². The van der Waals surface area contributed by atoms with Crippen LogP contribution in [-0.4, -0.2) is 20.9 Å². The van der Waals surface area contributed by atoms with Gasteiger partial charge in [0, 0.05) is 4.47 Å². The second kappa shape index (κ2) is 6.15. The fourth-order valence-electron chi connectivity index (χ4n) is 2.06. The topological polar surface area (TPSA) is 73.0 Å². The predicted octanol–water partition coefficient (Wildman–Crippen LogP) is 2.86. The molecule has 0 saturated carbocycles. The Labute approximate surface area is 135 Å². The molecule has 0 aliphatic heterocycles. The van der Waals surface area contributed by atoms with Crippen molar-refractivity contribution in [1.29, 1.82) is 0 Å². The number of hydrogen-bond donors (Lipinski definition) is 1. The summed E-state index contributed by atoms with van der Waals surface area (Å²) < 4.78 is 7.74. The second-order valence-corrected chi connectivity index (χ2v) is 5.59. The van der Waals surface area contributed by atoms with Gasteiger partial charge in [0.2, 0.25) is 0 Å². The van der Waals surface area contributed by atoms with Gasteiger partial charge in [-0.3, -0.25) is 4.79 Å². The first-order valence-electron chi connectivity index (χ1n) is 6.64.